The number of benzene rings is 2. The predicted octanol–water partition coefficient (Wildman–Crippen LogP) is 4.61. The molecule has 0 fully saturated rings. The first-order valence-electron chi connectivity index (χ1n) is 11.9. The van der Waals surface area contributed by atoms with Crippen LogP contribution in [0, 0.1) is 6.92 Å². The Morgan fingerprint density at radius 1 is 1.08 bits per heavy atom. The Labute approximate surface area is 213 Å². The number of hydrogen-bond donors (Lipinski definition) is 1. The molecule has 0 unspecified atom stereocenters. The van der Waals surface area contributed by atoms with Gasteiger partial charge < -0.3 is 14.5 Å². The van der Waals surface area contributed by atoms with Gasteiger partial charge in [-0.3, -0.25) is 9.78 Å². The van der Waals surface area contributed by atoms with Gasteiger partial charge in [0, 0.05) is 59.7 Å². The second-order valence-corrected chi connectivity index (χ2v) is 8.65. The number of para-hydroxylation sites is 1. The Morgan fingerprint density at radius 2 is 1.86 bits per heavy atom. The third kappa shape index (κ3) is 5.13. The van der Waals surface area contributed by atoms with Crippen LogP contribution >= 0.6 is 0 Å². The molecule has 0 bridgehead atoms. The summed E-state index contributed by atoms with van der Waals surface area (Å²) in [5.41, 5.74) is 4.82. The summed E-state index contributed by atoms with van der Waals surface area (Å²) in [6, 6.07) is 18.9. The van der Waals surface area contributed by atoms with E-state index in [1.807, 2.05) is 67.7 Å². The standard InChI is InChI=1S/C29H26N4O4/c1-19-24-9-8-23(36-2)16-26(24)37-29(35)25(19)10-11-27(34)31-17-21-18-33(22-6-4-3-5-7-22)32-28(21)20-12-14-30-15-13-20/h3-9,12-16,18H,10-11,17H2,1-2H3,(H,31,34). The highest BCUT2D eigenvalue weighted by Gasteiger charge is 2.16. The summed E-state index contributed by atoms with van der Waals surface area (Å²) in [7, 11) is 1.56. The minimum absolute atomic E-state index is 0.157. The zero-order valence-electron chi connectivity index (χ0n) is 20.6. The fourth-order valence-corrected chi connectivity index (χ4v) is 4.32. The van der Waals surface area contributed by atoms with Crippen molar-refractivity contribution in [3.63, 3.8) is 0 Å². The van der Waals surface area contributed by atoms with Crippen LogP contribution in [0.1, 0.15) is 23.1 Å². The molecule has 1 amide bonds. The lowest BCUT2D eigenvalue weighted by Gasteiger charge is -2.09. The first-order valence-corrected chi connectivity index (χ1v) is 11.9. The molecule has 3 heterocycles. The molecule has 2 aromatic carbocycles. The van der Waals surface area contributed by atoms with Gasteiger partial charge in [-0.05, 0) is 55.3 Å². The molecule has 0 saturated carbocycles. The highest BCUT2D eigenvalue weighted by molar-refractivity contribution is 5.83. The Bertz CT molecular complexity index is 1610. The zero-order valence-corrected chi connectivity index (χ0v) is 20.6. The van der Waals surface area contributed by atoms with Gasteiger partial charge in [-0.1, -0.05) is 18.2 Å². The van der Waals surface area contributed by atoms with Crippen LogP contribution in [0.15, 0.2) is 88.5 Å². The predicted molar refractivity (Wildman–Crippen MR) is 141 cm³/mol. The Balaban J connectivity index is 1.32. The number of nitrogens with zero attached hydrogens (tertiary/aromatic N) is 3. The second kappa shape index (κ2) is 10.5. The number of carbonyl (C=O) groups excluding carboxylic acids is 1. The first kappa shape index (κ1) is 24.0. The van der Waals surface area contributed by atoms with Crippen LogP contribution in [-0.4, -0.2) is 27.8 Å². The highest BCUT2D eigenvalue weighted by atomic mass is 16.5. The van der Waals surface area contributed by atoms with Crippen molar-refractivity contribution < 1.29 is 13.9 Å². The smallest absolute Gasteiger partial charge is 0.339 e. The number of rotatable bonds is 8. The summed E-state index contributed by atoms with van der Waals surface area (Å²) in [5.74, 6) is 0.450. The topological polar surface area (TPSA) is 99.2 Å². The largest absolute Gasteiger partial charge is 0.497 e. The summed E-state index contributed by atoms with van der Waals surface area (Å²) in [5, 5.41) is 8.56. The van der Waals surface area contributed by atoms with Gasteiger partial charge in [-0.15, -0.1) is 0 Å². The van der Waals surface area contributed by atoms with Crippen molar-refractivity contribution in [3.05, 3.63) is 106 Å². The van der Waals surface area contributed by atoms with Crippen LogP contribution in [0.5, 0.6) is 5.75 Å². The van der Waals surface area contributed by atoms with Crippen molar-refractivity contribution >= 4 is 16.9 Å². The Kier molecular flexibility index (Phi) is 6.81. The maximum Gasteiger partial charge on any atom is 0.339 e. The van der Waals surface area contributed by atoms with E-state index in [1.54, 1.807) is 30.3 Å². The average molecular weight is 495 g/mol. The maximum atomic E-state index is 12.8. The van der Waals surface area contributed by atoms with Crippen molar-refractivity contribution in [2.45, 2.75) is 26.3 Å². The summed E-state index contributed by atoms with van der Waals surface area (Å²) in [6.45, 7) is 2.17. The summed E-state index contributed by atoms with van der Waals surface area (Å²) in [4.78, 5) is 29.5. The third-order valence-corrected chi connectivity index (χ3v) is 6.34. The van der Waals surface area contributed by atoms with Crippen LogP contribution in [0.2, 0.25) is 0 Å². The SMILES string of the molecule is COc1ccc2c(C)c(CCC(=O)NCc3cn(-c4ccccc4)nc3-c3ccncc3)c(=O)oc2c1. The molecule has 37 heavy (non-hydrogen) atoms. The van der Waals surface area contributed by atoms with Crippen molar-refractivity contribution in [1.82, 2.24) is 20.1 Å². The quantitative estimate of drug-likeness (QED) is 0.316. The fourth-order valence-electron chi connectivity index (χ4n) is 4.32. The number of fused-ring (bicyclic) bond motifs is 1. The van der Waals surface area contributed by atoms with Gasteiger partial charge >= 0.3 is 5.63 Å². The molecule has 0 atom stereocenters. The lowest BCUT2D eigenvalue weighted by atomic mass is 10.0. The van der Waals surface area contributed by atoms with Gasteiger partial charge in [0.1, 0.15) is 11.3 Å². The summed E-state index contributed by atoms with van der Waals surface area (Å²) >= 11 is 0. The number of aromatic nitrogens is 3. The van der Waals surface area contributed by atoms with Crippen LogP contribution in [0.4, 0.5) is 0 Å². The van der Waals surface area contributed by atoms with Gasteiger partial charge in [-0.25, -0.2) is 9.48 Å². The highest BCUT2D eigenvalue weighted by Crippen LogP contribution is 2.25. The van der Waals surface area contributed by atoms with Gasteiger partial charge in [0.15, 0.2) is 0 Å². The van der Waals surface area contributed by atoms with Gasteiger partial charge in [0.05, 0.1) is 18.5 Å². The van der Waals surface area contributed by atoms with Crippen LogP contribution in [-0.2, 0) is 17.8 Å². The first-order chi connectivity index (χ1) is 18.0. The van der Waals surface area contributed by atoms with Crippen LogP contribution in [0.25, 0.3) is 27.9 Å². The second-order valence-electron chi connectivity index (χ2n) is 8.65. The molecule has 186 valence electrons. The van der Waals surface area contributed by atoms with Crippen molar-refractivity contribution in [2.24, 2.45) is 0 Å². The zero-order chi connectivity index (χ0) is 25.8. The van der Waals surface area contributed by atoms with Crippen molar-refractivity contribution in [3.8, 4) is 22.7 Å². The lowest BCUT2D eigenvalue weighted by molar-refractivity contribution is -0.121. The van der Waals surface area contributed by atoms with Gasteiger partial charge in [0.2, 0.25) is 5.91 Å². The molecule has 0 spiro atoms. The van der Waals surface area contributed by atoms with E-state index in [0.29, 0.717) is 23.4 Å². The lowest BCUT2D eigenvalue weighted by Crippen LogP contribution is -2.24. The number of aryl methyl sites for hydroxylation is 1. The molecule has 5 aromatic rings. The Morgan fingerprint density at radius 3 is 2.62 bits per heavy atom. The molecule has 0 aliphatic carbocycles. The third-order valence-electron chi connectivity index (χ3n) is 6.34. The van der Waals surface area contributed by atoms with Crippen LogP contribution in [0.3, 0.4) is 0 Å². The normalized spacial score (nSPS) is 11.0. The van der Waals surface area contributed by atoms with Gasteiger partial charge in [-0.2, -0.15) is 5.10 Å². The molecule has 0 radical (unpaired) electrons. The molecule has 3 aromatic heterocycles. The molecular formula is C29H26N4O4. The number of amides is 1. The molecule has 0 aliphatic heterocycles. The van der Waals surface area contributed by atoms with E-state index in [-0.39, 0.29) is 18.7 Å². The van der Waals surface area contributed by atoms with Crippen LogP contribution < -0.4 is 15.7 Å². The molecule has 0 saturated heterocycles. The Hall–Kier alpha value is -4.72. The molecule has 8 nitrogen and oxygen atoms in total. The van der Waals surface area contributed by atoms with E-state index in [0.717, 1.165) is 33.5 Å². The van der Waals surface area contributed by atoms with E-state index in [2.05, 4.69) is 10.3 Å². The minimum atomic E-state index is -0.435. The van der Waals surface area contributed by atoms with E-state index in [1.165, 1.54) is 0 Å². The monoisotopic (exact) mass is 494 g/mol. The minimum Gasteiger partial charge on any atom is -0.497 e. The molecule has 5 rings (SSSR count). The van der Waals surface area contributed by atoms with Gasteiger partial charge in [0.25, 0.3) is 0 Å². The van der Waals surface area contributed by atoms with E-state index < -0.39 is 5.63 Å². The summed E-state index contributed by atoms with van der Waals surface area (Å²) < 4.78 is 12.5. The maximum absolute atomic E-state index is 12.8. The van der Waals surface area contributed by atoms with E-state index in [4.69, 9.17) is 14.3 Å². The molecule has 1 N–H and O–H groups in total. The number of methoxy groups -OCH3 is 1. The molecular weight excluding hydrogens is 468 g/mol. The number of ether oxygens (including phenoxy) is 1. The average Bonchev–Trinajstić information content (AvgIpc) is 3.37. The number of hydrogen-bond acceptors (Lipinski definition) is 6. The van der Waals surface area contributed by atoms with Crippen molar-refractivity contribution in [2.75, 3.05) is 7.11 Å². The summed E-state index contributed by atoms with van der Waals surface area (Å²) in [6.07, 6.45) is 5.79. The molecule has 0 aliphatic rings. The fraction of sp³-hybridized carbons (Fsp3) is 0.172. The van der Waals surface area contributed by atoms with Crippen molar-refractivity contribution in [1.29, 1.82) is 0 Å². The number of nitrogens with one attached hydrogen (secondary N) is 1. The molecule has 8 heteroatoms. The number of pyridine rings is 1. The number of carbonyl (C=O) groups is 1. The van der Waals surface area contributed by atoms with E-state index in [9.17, 15) is 9.59 Å². The van der Waals surface area contributed by atoms with E-state index >= 15 is 0 Å².